The lowest BCUT2D eigenvalue weighted by atomic mass is 10.0. The molecule has 2 atom stereocenters. The van der Waals surface area contributed by atoms with Crippen LogP contribution in [-0.2, 0) is 9.53 Å². The average Bonchev–Trinajstić information content (AvgIpc) is 3.21. The second-order valence-electron chi connectivity index (χ2n) is 4.80. The van der Waals surface area contributed by atoms with Crippen LogP contribution in [0.1, 0.15) is 24.4 Å². The number of carbonyl (C=O) groups excluding carboxylic acids is 1. The number of rotatable bonds is 6. The Morgan fingerprint density at radius 1 is 1.42 bits per heavy atom. The molecule has 0 radical (unpaired) electrons. The number of ether oxygens (including phenoxy) is 1. The molecule has 0 saturated heterocycles. The highest BCUT2D eigenvalue weighted by Gasteiger charge is 2.34. The highest BCUT2D eigenvalue weighted by molar-refractivity contribution is 5.85. The summed E-state index contributed by atoms with van der Waals surface area (Å²) in [5.74, 6) is 0.406. The molecule has 0 heterocycles. The fourth-order valence-corrected chi connectivity index (χ4v) is 2.08. The van der Waals surface area contributed by atoms with Crippen LogP contribution in [0.15, 0.2) is 30.3 Å². The summed E-state index contributed by atoms with van der Waals surface area (Å²) in [5, 5.41) is 3.04. The van der Waals surface area contributed by atoms with Crippen LogP contribution in [0, 0.1) is 5.92 Å². The summed E-state index contributed by atoms with van der Waals surface area (Å²) in [7, 11) is 1.54. The summed E-state index contributed by atoms with van der Waals surface area (Å²) in [6, 6.07) is 9.54. The maximum Gasteiger partial charge on any atom is 0.239 e. The molecule has 0 bridgehead atoms. The fourth-order valence-electron chi connectivity index (χ4n) is 2.08. The second kappa shape index (κ2) is 7.48. The van der Waals surface area contributed by atoms with Crippen LogP contribution in [0.4, 0.5) is 0 Å². The van der Waals surface area contributed by atoms with Crippen molar-refractivity contribution in [2.45, 2.75) is 24.9 Å². The smallest absolute Gasteiger partial charge is 0.239 e. The van der Waals surface area contributed by atoms with E-state index in [1.165, 1.54) is 12.8 Å². The number of halogens is 1. The zero-order valence-corrected chi connectivity index (χ0v) is 11.9. The van der Waals surface area contributed by atoms with E-state index in [2.05, 4.69) is 5.32 Å². The predicted molar refractivity (Wildman–Crippen MR) is 77.1 cm³/mol. The zero-order chi connectivity index (χ0) is 13.0. The van der Waals surface area contributed by atoms with E-state index in [9.17, 15) is 4.79 Å². The molecule has 1 aromatic carbocycles. The first kappa shape index (κ1) is 16.0. The lowest BCUT2D eigenvalue weighted by molar-refractivity contribution is -0.124. The van der Waals surface area contributed by atoms with Crippen molar-refractivity contribution in [3.05, 3.63) is 35.9 Å². The van der Waals surface area contributed by atoms with Gasteiger partial charge in [-0.15, -0.1) is 12.4 Å². The van der Waals surface area contributed by atoms with Crippen LogP contribution in [0.2, 0.25) is 0 Å². The molecule has 5 heteroatoms. The molecule has 4 nitrogen and oxygen atoms in total. The Kier molecular flexibility index (Phi) is 6.28. The fraction of sp³-hybridized carbons (Fsp3) is 0.500. The monoisotopic (exact) mass is 284 g/mol. The minimum Gasteiger partial charge on any atom is -0.383 e. The summed E-state index contributed by atoms with van der Waals surface area (Å²) in [6.45, 7) is 0.248. The number of nitrogens with two attached hydrogens (primary N) is 1. The Bertz CT molecular complexity index is 396. The number of nitrogens with one attached hydrogen (secondary N) is 1. The van der Waals surface area contributed by atoms with Crippen LogP contribution in [0.25, 0.3) is 0 Å². The molecule has 2 unspecified atom stereocenters. The molecule has 0 aromatic heterocycles. The molecule has 1 fully saturated rings. The molecular weight excluding hydrogens is 264 g/mol. The van der Waals surface area contributed by atoms with Crippen molar-refractivity contribution in [1.29, 1.82) is 0 Å². The van der Waals surface area contributed by atoms with Gasteiger partial charge in [-0.25, -0.2) is 0 Å². The van der Waals surface area contributed by atoms with Gasteiger partial charge in [0.05, 0.1) is 12.6 Å². The molecule has 1 aromatic rings. The minimum absolute atomic E-state index is 0. The number of benzene rings is 1. The summed E-state index contributed by atoms with van der Waals surface area (Å²) >= 11 is 0. The summed E-state index contributed by atoms with van der Waals surface area (Å²) in [4.78, 5) is 11.9. The molecular formula is C14H21ClN2O2. The molecule has 106 valence electrons. The standard InChI is InChI=1S/C14H20N2O2.ClH/c1-18-9-12(15)14(17)16-13(11-7-8-11)10-5-3-2-4-6-10;/h2-6,11-13H,7-9,15H2,1H3,(H,16,17);1H. The molecule has 2 rings (SSSR count). The van der Waals surface area contributed by atoms with Gasteiger partial charge in [-0.2, -0.15) is 0 Å². The van der Waals surface area contributed by atoms with E-state index in [0.717, 1.165) is 5.56 Å². The molecule has 19 heavy (non-hydrogen) atoms. The normalized spacial score (nSPS) is 17.2. The first-order chi connectivity index (χ1) is 8.72. The first-order valence-corrected chi connectivity index (χ1v) is 6.32. The highest BCUT2D eigenvalue weighted by atomic mass is 35.5. The van der Waals surface area contributed by atoms with Gasteiger partial charge in [0.25, 0.3) is 0 Å². The maximum atomic E-state index is 11.9. The number of hydrogen-bond acceptors (Lipinski definition) is 3. The Morgan fingerprint density at radius 2 is 2.05 bits per heavy atom. The molecule has 3 N–H and O–H groups in total. The summed E-state index contributed by atoms with van der Waals surface area (Å²) in [5.41, 5.74) is 6.89. The van der Waals surface area contributed by atoms with E-state index in [-0.39, 0.29) is 31.0 Å². The predicted octanol–water partition coefficient (Wildman–Crippen LogP) is 1.65. The van der Waals surface area contributed by atoms with Crippen LogP contribution < -0.4 is 11.1 Å². The lowest BCUT2D eigenvalue weighted by Gasteiger charge is -2.21. The van der Waals surface area contributed by atoms with Crippen molar-refractivity contribution >= 4 is 18.3 Å². The Labute approximate surface area is 120 Å². The molecule has 1 aliphatic carbocycles. The first-order valence-electron chi connectivity index (χ1n) is 6.32. The van der Waals surface area contributed by atoms with Crippen molar-refractivity contribution in [3.8, 4) is 0 Å². The van der Waals surface area contributed by atoms with E-state index in [0.29, 0.717) is 5.92 Å². The van der Waals surface area contributed by atoms with E-state index in [4.69, 9.17) is 10.5 Å². The van der Waals surface area contributed by atoms with Crippen molar-refractivity contribution in [2.75, 3.05) is 13.7 Å². The summed E-state index contributed by atoms with van der Waals surface area (Å²) < 4.78 is 4.90. The molecule has 0 aliphatic heterocycles. The van der Waals surface area contributed by atoms with E-state index < -0.39 is 6.04 Å². The van der Waals surface area contributed by atoms with E-state index >= 15 is 0 Å². The summed E-state index contributed by atoms with van der Waals surface area (Å²) in [6.07, 6.45) is 2.33. The zero-order valence-electron chi connectivity index (χ0n) is 11.0. The Morgan fingerprint density at radius 3 is 2.58 bits per heavy atom. The molecule has 1 aliphatic rings. The maximum absolute atomic E-state index is 11.9. The number of methoxy groups -OCH3 is 1. The third kappa shape index (κ3) is 4.49. The Hall–Kier alpha value is -1.10. The van der Waals surface area contributed by atoms with Gasteiger partial charge in [-0.3, -0.25) is 4.79 Å². The van der Waals surface area contributed by atoms with Crippen LogP contribution in [-0.4, -0.2) is 25.7 Å². The average molecular weight is 285 g/mol. The van der Waals surface area contributed by atoms with Gasteiger partial charge in [0.1, 0.15) is 6.04 Å². The van der Waals surface area contributed by atoms with Crippen LogP contribution in [0.3, 0.4) is 0 Å². The van der Waals surface area contributed by atoms with Gasteiger partial charge in [0.15, 0.2) is 0 Å². The van der Waals surface area contributed by atoms with Gasteiger partial charge in [-0.05, 0) is 24.3 Å². The number of hydrogen-bond donors (Lipinski definition) is 2. The SMILES string of the molecule is COCC(N)C(=O)NC(c1ccccc1)C1CC1.Cl. The topological polar surface area (TPSA) is 64.3 Å². The van der Waals surface area contributed by atoms with Crippen LogP contribution in [0.5, 0.6) is 0 Å². The largest absolute Gasteiger partial charge is 0.383 e. The quantitative estimate of drug-likeness (QED) is 0.835. The van der Waals surface area contributed by atoms with Crippen molar-refractivity contribution < 1.29 is 9.53 Å². The van der Waals surface area contributed by atoms with Gasteiger partial charge in [-0.1, -0.05) is 30.3 Å². The molecule has 1 saturated carbocycles. The van der Waals surface area contributed by atoms with Gasteiger partial charge >= 0.3 is 0 Å². The third-order valence-corrected chi connectivity index (χ3v) is 3.23. The molecule has 0 spiro atoms. The molecule has 1 amide bonds. The minimum atomic E-state index is -0.597. The second-order valence-corrected chi connectivity index (χ2v) is 4.80. The van der Waals surface area contributed by atoms with Crippen LogP contribution >= 0.6 is 12.4 Å². The van der Waals surface area contributed by atoms with Gasteiger partial charge in [0, 0.05) is 7.11 Å². The number of amides is 1. The number of carbonyl (C=O) groups is 1. The highest BCUT2D eigenvalue weighted by Crippen LogP contribution is 2.40. The van der Waals surface area contributed by atoms with Gasteiger partial charge < -0.3 is 15.8 Å². The van der Waals surface area contributed by atoms with E-state index in [1.54, 1.807) is 7.11 Å². The third-order valence-electron chi connectivity index (χ3n) is 3.23. The van der Waals surface area contributed by atoms with E-state index in [1.807, 2.05) is 30.3 Å². The van der Waals surface area contributed by atoms with Crippen molar-refractivity contribution in [3.63, 3.8) is 0 Å². The lowest BCUT2D eigenvalue weighted by Crippen LogP contribution is -2.45. The Balaban J connectivity index is 0.00000180. The van der Waals surface area contributed by atoms with Crippen molar-refractivity contribution in [2.24, 2.45) is 11.7 Å². The van der Waals surface area contributed by atoms with Crippen molar-refractivity contribution in [1.82, 2.24) is 5.32 Å². The van der Waals surface area contributed by atoms with Gasteiger partial charge in [0.2, 0.25) is 5.91 Å².